The van der Waals surface area contributed by atoms with Crippen molar-refractivity contribution < 1.29 is 9.53 Å². The summed E-state index contributed by atoms with van der Waals surface area (Å²) >= 11 is 0. The van der Waals surface area contributed by atoms with E-state index in [1.807, 2.05) is 14.1 Å². The van der Waals surface area contributed by atoms with Gasteiger partial charge in [-0.05, 0) is 39.9 Å². The Morgan fingerprint density at radius 1 is 1.58 bits per heavy atom. The second-order valence-corrected chi connectivity index (χ2v) is 3.60. The van der Waals surface area contributed by atoms with Gasteiger partial charge in [-0.1, -0.05) is 0 Å². The number of cyclic esters (lactones) is 1. The number of esters is 1. The Hall–Kier alpha value is -0.570. The number of nitrogens with zero attached hydrogens (tertiary/aromatic N) is 1. The van der Waals surface area contributed by atoms with Gasteiger partial charge in [0.25, 0.3) is 0 Å². The number of rotatable bonds is 4. The van der Waals surface area contributed by atoms with Gasteiger partial charge in [0.1, 0.15) is 0 Å². The third-order valence-corrected chi connectivity index (χ3v) is 2.20. The Morgan fingerprint density at radius 2 is 2.33 bits per heavy atom. The number of hydrogen-bond donors (Lipinski definition) is 0. The zero-order valence-electron chi connectivity index (χ0n) is 7.88. The fourth-order valence-electron chi connectivity index (χ4n) is 1.45. The Labute approximate surface area is 73.7 Å². The average molecular weight is 171 g/mol. The molecule has 0 aromatic heterocycles. The molecular formula is C9H17NO2. The van der Waals surface area contributed by atoms with E-state index in [2.05, 4.69) is 4.90 Å². The molecule has 1 fully saturated rings. The summed E-state index contributed by atoms with van der Waals surface area (Å²) in [6.07, 6.45) is 3.00. The largest absolute Gasteiger partial charge is 0.465 e. The van der Waals surface area contributed by atoms with Gasteiger partial charge in [-0.2, -0.15) is 0 Å². The molecule has 1 atom stereocenters. The lowest BCUT2D eigenvalue weighted by Gasteiger charge is -2.10. The molecule has 0 spiro atoms. The molecule has 3 heteroatoms. The molecule has 0 amide bonds. The molecule has 0 aromatic carbocycles. The summed E-state index contributed by atoms with van der Waals surface area (Å²) in [4.78, 5) is 13.2. The van der Waals surface area contributed by atoms with Crippen molar-refractivity contribution in [3.8, 4) is 0 Å². The van der Waals surface area contributed by atoms with E-state index in [1.54, 1.807) is 0 Å². The van der Waals surface area contributed by atoms with Crippen molar-refractivity contribution in [3.05, 3.63) is 0 Å². The predicted molar refractivity (Wildman–Crippen MR) is 46.9 cm³/mol. The third-order valence-electron chi connectivity index (χ3n) is 2.20. The first-order chi connectivity index (χ1) is 5.70. The van der Waals surface area contributed by atoms with Crippen molar-refractivity contribution in [1.82, 2.24) is 4.90 Å². The minimum absolute atomic E-state index is 0.00811. The van der Waals surface area contributed by atoms with Crippen LogP contribution in [0.4, 0.5) is 0 Å². The van der Waals surface area contributed by atoms with Crippen LogP contribution in [0.25, 0.3) is 0 Å². The van der Waals surface area contributed by atoms with Crippen LogP contribution >= 0.6 is 0 Å². The summed E-state index contributed by atoms with van der Waals surface area (Å²) in [5, 5.41) is 0. The van der Waals surface area contributed by atoms with Gasteiger partial charge < -0.3 is 9.64 Å². The molecule has 0 radical (unpaired) electrons. The normalized spacial score (nSPS) is 23.2. The molecule has 1 unspecified atom stereocenters. The van der Waals surface area contributed by atoms with Crippen LogP contribution in [0.15, 0.2) is 0 Å². The summed E-state index contributed by atoms with van der Waals surface area (Å²) in [6.45, 7) is 1.69. The SMILES string of the molecule is CN(C)CCCC1CCOC1=O. The van der Waals surface area contributed by atoms with E-state index >= 15 is 0 Å². The molecule has 1 aliphatic rings. The second kappa shape index (κ2) is 4.45. The van der Waals surface area contributed by atoms with Crippen LogP contribution in [-0.2, 0) is 9.53 Å². The lowest BCUT2D eigenvalue weighted by Crippen LogP contribution is -2.15. The van der Waals surface area contributed by atoms with Gasteiger partial charge in [0.05, 0.1) is 12.5 Å². The van der Waals surface area contributed by atoms with Crippen LogP contribution in [0, 0.1) is 5.92 Å². The predicted octanol–water partition coefficient (Wildman–Crippen LogP) is 0.891. The van der Waals surface area contributed by atoms with E-state index in [4.69, 9.17) is 4.74 Å². The van der Waals surface area contributed by atoms with Gasteiger partial charge in [0, 0.05) is 0 Å². The highest BCUT2D eigenvalue weighted by molar-refractivity contribution is 5.73. The molecule has 0 aromatic rings. The summed E-state index contributed by atoms with van der Waals surface area (Å²) in [7, 11) is 4.10. The highest BCUT2D eigenvalue weighted by Gasteiger charge is 2.25. The highest BCUT2D eigenvalue weighted by Crippen LogP contribution is 2.19. The maximum absolute atomic E-state index is 11.0. The zero-order chi connectivity index (χ0) is 8.97. The number of carbonyl (C=O) groups is 1. The maximum atomic E-state index is 11.0. The van der Waals surface area contributed by atoms with E-state index in [-0.39, 0.29) is 11.9 Å². The molecular weight excluding hydrogens is 154 g/mol. The minimum atomic E-state index is 0.00811. The van der Waals surface area contributed by atoms with Crippen LogP contribution in [0.3, 0.4) is 0 Å². The van der Waals surface area contributed by atoms with Crippen molar-refractivity contribution in [2.45, 2.75) is 19.3 Å². The molecule has 0 N–H and O–H groups in total. The Kier molecular flexibility index (Phi) is 3.53. The van der Waals surface area contributed by atoms with Crippen LogP contribution in [0.2, 0.25) is 0 Å². The van der Waals surface area contributed by atoms with Crippen molar-refractivity contribution >= 4 is 5.97 Å². The molecule has 0 bridgehead atoms. The maximum Gasteiger partial charge on any atom is 0.309 e. The first kappa shape index (κ1) is 9.52. The molecule has 70 valence electrons. The molecule has 0 saturated carbocycles. The molecule has 0 aliphatic carbocycles. The van der Waals surface area contributed by atoms with Crippen molar-refractivity contribution in [2.24, 2.45) is 5.92 Å². The average Bonchev–Trinajstić information content (AvgIpc) is 2.36. The van der Waals surface area contributed by atoms with Crippen molar-refractivity contribution in [1.29, 1.82) is 0 Å². The number of ether oxygens (including phenoxy) is 1. The fraction of sp³-hybridized carbons (Fsp3) is 0.889. The molecule has 1 rings (SSSR count). The first-order valence-electron chi connectivity index (χ1n) is 4.51. The summed E-state index contributed by atoms with van der Waals surface area (Å²) in [6, 6.07) is 0. The topological polar surface area (TPSA) is 29.5 Å². The van der Waals surface area contributed by atoms with Crippen LogP contribution < -0.4 is 0 Å². The van der Waals surface area contributed by atoms with Gasteiger partial charge in [0.15, 0.2) is 0 Å². The van der Waals surface area contributed by atoms with E-state index in [1.165, 1.54) is 0 Å². The monoisotopic (exact) mass is 171 g/mol. The van der Waals surface area contributed by atoms with Gasteiger partial charge in [-0.25, -0.2) is 0 Å². The molecule has 3 nitrogen and oxygen atoms in total. The molecule has 12 heavy (non-hydrogen) atoms. The first-order valence-corrected chi connectivity index (χ1v) is 4.51. The van der Waals surface area contributed by atoms with Gasteiger partial charge in [0.2, 0.25) is 0 Å². The van der Waals surface area contributed by atoms with Crippen LogP contribution in [-0.4, -0.2) is 38.1 Å². The van der Waals surface area contributed by atoms with E-state index in [0.29, 0.717) is 6.61 Å². The van der Waals surface area contributed by atoms with E-state index < -0.39 is 0 Å². The van der Waals surface area contributed by atoms with Gasteiger partial charge >= 0.3 is 5.97 Å². The van der Waals surface area contributed by atoms with Crippen LogP contribution in [0.5, 0.6) is 0 Å². The van der Waals surface area contributed by atoms with Crippen molar-refractivity contribution in [3.63, 3.8) is 0 Å². The quantitative estimate of drug-likeness (QED) is 0.588. The Bertz CT molecular complexity index is 157. The van der Waals surface area contributed by atoms with Crippen LogP contribution in [0.1, 0.15) is 19.3 Å². The highest BCUT2D eigenvalue weighted by atomic mass is 16.5. The summed E-state index contributed by atoms with van der Waals surface area (Å²) in [5.74, 6) is 0.193. The Balaban J connectivity index is 2.10. The standard InChI is InChI=1S/C9H17NO2/c1-10(2)6-3-4-8-5-7-12-9(8)11/h8H,3-7H2,1-2H3. The summed E-state index contributed by atoms with van der Waals surface area (Å²) < 4.78 is 4.87. The van der Waals surface area contributed by atoms with Gasteiger partial charge in [-0.15, -0.1) is 0 Å². The molecule has 1 aliphatic heterocycles. The van der Waals surface area contributed by atoms with Gasteiger partial charge in [-0.3, -0.25) is 4.79 Å². The minimum Gasteiger partial charge on any atom is -0.465 e. The Morgan fingerprint density at radius 3 is 2.83 bits per heavy atom. The second-order valence-electron chi connectivity index (χ2n) is 3.60. The zero-order valence-corrected chi connectivity index (χ0v) is 7.88. The molecule has 1 saturated heterocycles. The smallest absolute Gasteiger partial charge is 0.309 e. The summed E-state index contributed by atoms with van der Waals surface area (Å²) in [5.41, 5.74) is 0. The van der Waals surface area contributed by atoms with E-state index in [9.17, 15) is 4.79 Å². The third kappa shape index (κ3) is 2.81. The lowest BCUT2D eigenvalue weighted by atomic mass is 10.0. The number of carbonyl (C=O) groups excluding carboxylic acids is 1. The number of hydrogen-bond acceptors (Lipinski definition) is 3. The lowest BCUT2D eigenvalue weighted by molar-refractivity contribution is -0.141. The van der Waals surface area contributed by atoms with E-state index in [0.717, 1.165) is 25.8 Å². The molecule has 1 heterocycles. The fourth-order valence-corrected chi connectivity index (χ4v) is 1.45. The van der Waals surface area contributed by atoms with Crippen molar-refractivity contribution in [2.75, 3.05) is 27.2 Å².